The van der Waals surface area contributed by atoms with Crippen molar-refractivity contribution in [3.8, 4) is 10.4 Å². The molecule has 1 aromatic carbocycles. The van der Waals surface area contributed by atoms with Crippen LogP contribution in [0.1, 0.15) is 41.5 Å². The number of benzene rings is 1. The molecule has 2 heterocycles. The van der Waals surface area contributed by atoms with Gasteiger partial charge in [0.1, 0.15) is 5.00 Å². The van der Waals surface area contributed by atoms with Gasteiger partial charge in [-0.25, -0.2) is 4.79 Å². The summed E-state index contributed by atoms with van der Waals surface area (Å²) in [4.78, 5) is 26.3. The molecular weight excluding hydrogens is 384 g/mol. The minimum atomic E-state index is -0.437. The number of aryl methyl sites for hydroxylation is 1. The largest absolute Gasteiger partial charge is 0.462 e. The number of carbonyl (C=O) groups is 2. The van der Waals surface area contributed by atoms with Crippen LogP contribution in [0.2, 0.25) is 0 Å². The quantitative estimate of drug-likeness (QED) is 0.474. The number of nitrogens with zero attached hydrogens (tertiary/aromatic N) is 1. The van der Waals surface area contributed by atoms with Crippen molar-refractivity contribution < 1.29 is 18.9 Å². The van der Waals surface area contributed by atoms with Crippen molar-refractivity contribution in [1.82, 2.24) is 0 Å². The highest BCUT2D eigenvalue weighted by molar-refractivity contribution is 7.20. The Morgan fingerprint density at radius 1 is 1.14 bits per heavy atom. The van der Waals surface area contributed by atoms with Gasteiger partial charge < -0.3 is 10.1 Å². The van der Waals surface area contributed by atoms with Crippen LogP contribution in [0.3, 0.4) is 0 Å². The van der Waals surface area contributed by atoms with Gasteiger partial charge in [0, 0.05) is 30.4 Å². The van der Waals surface area contributed by atoms with Crippen molar-refractivity contribution in [1.29, 1.82) is 0 Å². The number of carbonyl (C=O) groups excluding carboxylic acids is 2. The summed E-state index contributed by atoms with van der Waals surface area (Å²) < 4.78 is 7.12. The molecule has 0 radical (unpaired) electrons. The maximum atomic E-state index is 13.0. The summed E-state index contributed by atoms with van der Waals surface area (Å²) in [5.74, 6) is -0.621. The Kier molecular flexibility index (Phi) is 6.44. The highest BCUT2D eigenvalue weighted by Gasteiger charge is 2.27. The summed E-state index contributed by atoms with van der Waals surface area (Å²) in [5.41, 5.74) is 3.50. The Morgan fingerprint density at radius 3 is 2.55 bits per heavy atom. The van der Waals surface area contributed by atoms with Gasteiger partial charge in [-0.05, 0) is 31.5 Å². The van der Waals surface area contributed by atoms with Crippen LogP contribution >= 0.6 is 11.3 Å². The molecule has 0 saturated carbocycles. The first-order chi connectivity index (χ1) is 13.9. The zero-order valence-electron chi connectivity index (χ0n) is 17.1. The van der Waals surface area contributed by atoms with E-state index in [-0.39, 0.29) is 12.5 Å². The van der Waals surface area contributed by atoms with Crippen molar-refractivity contribution in [3.63, 3.8) is 0 Å². The number of anilines is 1. The first-order valence-corrected chi connectivity index (χ1v) is 10.4. The molecule has 150 valence electrons. The third-order valence-electron chi connectivity index (χ3n) is 4.87. The molecule has 0 spiro atoms. The molecule has 1 atom stereocenters. The van der Waals surface area contributed by atoms with E-state index < -0.39 is 12.0 Å². The normalized spacial score (nSPS) is 11.7. The van der Waals surface area contributed by atoms with Gasteiger partial charge in [-0.2, -0.15) is 4.57 Å². The second kappa shape index (κ2) is 9.01. The molecule has 3 aromatic rings. The lowest BCUT2D eigenvalue weighted by Crippen LogP contribution is -2.47. The van der Waals surface area contributed by atoms with Crippen molar-refractivity contribution in [2.45, 2.75) is 33.7 Å². The average molecular weight is 410 g/mol. The van der Waals surface area contributed by atoms with E-state index in [0.29, 0.717) is 10.6 Å². The number of hydrogen-bond donors (Lipinski definition) is 1. The summed E-state index contributed by atoms with van der Waals surface area (Å²) in [7, 11) is 0. The average Bonchev–Trinajstić information content (AvgIpc) is 3.14. The van der Waals surface area contributed by atoms with Gasteiger partial charge in [0.05, 0.1) is 12.2 Å². The van der Waals surface area contributed by atoms with Crippen LogP contribution in [0.4, 0.5) is 5.00 Å². The molecule has 0 bridgehead atoms. The van der Waals surface area contributed by atoms with E-state index in [1.807, 2.05) is 74.0 Å². The van der Waals surface area contributed by atoms with Gasteiger partial charge in [-0.1, -0.05) is 30.3 Å². The first kappa shape index (κ1) is 20.7. The number of thiophene rings is 1. The molecule has 3 rings (SSSR count). The molecule has 0 aliphatic carbocycles. The number of amides is 1. The molecule has 5 nitrogen and oxygen atoms in total. The Bertz CT molecular complexity index is 1030. The predicted octanol–water partition coefficient (Wildman–Crippen LogP) is 4.70. The van der Waals surface area contributed by atoms with Crippen LogP contribution in [-0.2, 0) is 9.53 Å². The summed E-state index contributed by atoms with van der Waals surface area (Å²) in [6, 6.07) is 15.1. The lowest BCUT2D eigenvalue weighted by atomic mass is 10.1. The van der Waals surface area contributed by atoms with Crippen LogP contribution in [0.5, 0.6) is 0 Å². The number of esters is 1. The Hall–Kier alpha value is -2.99. The van der Waals surface area contributed by atoms with E-state index in [0.717, 1.165) is 21.7 Å². The molecule has 0 fully saturated rings. The van der Waals surface area contributed by atoms with E-state index in [1.165, 1.54) is 11.3 Å². The Balaban J connectivity index is 1.92. The first-order valence-electron chi connectivity index (χ1n) is 9.57. The minimum Gasteiger partial charge on any atom is -0.462 e. The van der Waals surface area contributed by atoms with Gasteiger partial charge >= 0.3 is 5.97 Å². The fraction of sp³-hybridized carbons (Fsp3) is 0.261. The predicted molar refractivity (Wildman–Crippen MR) is 115 cm³/mol. The van der Waals surface area contributed by atoms with Crippen LogP contribution in [0, 0.1) is 13.8 Å². The van der Waals surface area contributed by atoms with E-state index in [1.54, 1.807) is 13.0 Å². The van der Waals surface area contributed by atoms with Gasteiger partial charge in [0.15, 0.2) is 11.9 Å². The molecule has 2 aromatic heterocycles. The second-order valence-electron chi connectivity index (χ2n) is 6.79. The standard InChI is InChI=1S/C23H24N2O3S/c1-5-28-23(27)19-14-20(18-11-7-6-8-12-18)29-22(19)24-21(26)17(4)25-13-9-10-15(2)16(25)3/h6-14,17H,5H2,1-4H3/p+1/t17-/m1/s1. The second-order valence-corrected chi connectivity index (χ2v) is 7.84. The maximum Gasteiger partial charge on any atom is 0.341 e. The number of ether oxygens (including phenoxy) is 1. The van der Waals surface area contributed by atoms with Crippen LogP contribution in [0.15, 0.2) is 54.7 Å². The molecule has 29 heavy (non-hydrogen) atoms. The van der Waals surface area contributed by atoms with Crippen molar-refractivity contribution in [3.05, 3.63) is 71.5 Å². The molecule has 1 amide bonds. The topological polar surface area (TPSA) is 59.3 Å². The smallest absolute Gasteiger partial charge is 0.341 e. The molecule has 0 saturated heterocycles. The molecule has 0 aliphatic heterocycles. The third kappa shape index (κ3) is 4.54. The highest BCUT2D eigenvalue weighted by atomic mass is 32.1. The number of hydrogen-bond acceptors (Lipinski definition) is 4. The monoisotopic (exact) mass is 409 g/mol. The molecular formula is C23H25N2O3S+. The van der Waals surface area contributed by atoms with Gasteiger partial charge in [0.2, 0.25) is 6.04 Å². The Morgan fingerprint density at radius 2 is 1.86 bits per heavy atom. The van der Waals surface area contributed by atoms with Crippen molar-refractivity contribution in [2.75, 3.05) is 11.9 Å². The van der Waals surface area contributed by atoms with Crippen LogP contribution in [-0.4, -0.2) is 18.5 Å². The van der Waals surface area contributed by atoms with Gasteiger partial charge in [0.25, 0.3) is 5.91 Å². The SMILES string of the molecule is CCOC(=O)c1cc(-c2ccccc2)sc1NC(=O)[C@@H](C)[n+]1cccc(C)c1C. The number of nitrogens with one attached hydrogen (secondary N) is 1. The fourth-order valence-electron chi connectivity index (χ4n) is 3.07. The molecule has 1 N–H and O–H groups in total. The zero-order valence-corrected chi connectivity index (χ0v) is 17.9. The fourth-order valence-corrected chi connectivity index (χ4v) is 4.12. The Labute approximate surface area is 175 Å². The molecule has 0 unspecified atom stereocenters. The van der Waals surface area contributed by atoms with Gasteiger partial charge in [-0.3, -0.25) is 4.79 Å². The van der Waals surface area contributed by atoms with Crippen molar-refractivity contribution >= 4 is 28.2 Å². The van der Waals surface area contributed by atoms with Crippen molar-refractivity contribution in [2.24, 2.45) is 0 Å². The van der Waals surface area contributed by atoms with E-state index in [2.05, 4.69) is 5.32 Å². The van der Waals surface area contributed by atoms with Crippen LogP contribution < -0.4 is 9.88 Å². The zero-order chi connectivity index (χ0) is 21.0. The van der Waals surface area contributed by atoms with E-state index >= 15 is 0 Å². The molecule has 6 heteroatoms. The summed E-state index contributed by atoms with van der Waals surface area (Å²) in [6.45, 7) is 7.89. The minimum absolute atomic E-state index is 0.185. The molecule has 0 aliphatic rings. The summed E-state index contributed by atoms with van der Waals surface area (Å²) >= 11 is 1.37. The number of pyridine rings is 1. The lowest BCUT2D eigenvalue weighted by molar-refractivity contribution is -0.711. The number of rotatable bonds is 6. The number of aromatic nitrogens is 1. The van der Waals surface area contributed by atoms with E-state index in [9.17, 15) is 9.59 Å². The van der Waals surface area contributed by atoms with Gasteiger partial charge in [-0.15, -0.1) is 11.3 Å². The highest BCUT2D eigenvalue weighted by Crippen LogP contribution is 2.36. The summed E-state index contributed by atoms with van der Waals surface area (Å²) in [5, 5.41) is 3.45. The third-order valence-corrected chi connectivity index (χ3v) is 5.97. The lowest BCUT2D eigenvalue weighted by Gasteiger charge is -2.11. The maximum absolute atomic E-state index is 13.0. The summed E-state index contributed by atoms with van der Waals surface area (Å²) in [6.07, 6.45) is 1.89. The van der Waals surface area contributed by atoms with Crippen LogP contribution in [0.25, 0.3) is 10.4 Å². The van der Waals surface area contributed by atoms with E-state index in [4.69, 9.17) is 4.74 Å².